The molecule has 0 unspecified atom stereocenters. The number of carbonyl (C=O) groups is 1. The quantitative estimate of drug-likeness (QED) is 0.749. The number of nitrogens with one attached hydrogen (secondary N) is 1. The normalized spacial score (nSPS) is 10.5. The molecule has 0 atom stereocenters. The molecule has 1 amide bonds. The van der Waals surface area contributed by atoms with Crippen LogP contribution in [0.2, 0.25) is 0 Å². The molecule has 4 nitrogen and oxygen atoms in total. The first-order valence-electron chi connectivity index (χ1n) is 8.27. The van der Waals surface area contributed by atoms with Crippen LogP contribution < -0.4 is 15.0 Å². The molecule has 1 N–H and O–H groups in total. The summed E-state index contributed by atoms with van der Waals surface area (Å²) in [6.45, 7) is 0.495. The average molecular weight is 334 g/mol. The van der Waals surface area contributed by atoms with Crippen molar-refractivity contribution in [1.29, 1.82) is 0 Å². The van der Waals surface area contributed by atoms with Crippen LogP contribution in [-0.4, -0.2) is 26.6 Å². The van der Waals surface area contributed by atoms with Gasteiger partial charge in [-0.1, -0.05) is 48.5 Å². The number of fused-ring (bicyclic) bond motifs is 1. The Bertz CT molecular complexity index is 852. The minimum atomic E-state index is -0.135. The van der Waals surface area contributed by atoms with E-state index in [1.807, 2.05) is 85.7 Å². The van der Waals surface area contributed by atoms with Gasteiger partial charge in [0.1, 0.15) is 5.75 Å². The number of ether oxygens (including phenoxy) is 1. The molecule has 25 heavy (non-hydrogen) atoms. The minimum Gasteiger partial charge on any atom is -0.483 e. The van der Waals surface area contributed by atoms with E-state index >= 15 is 0 Å². The fraction of sp³-hybridized carbons (Fsp3) is 0.190. The van der Waals surface area contributed by atoms with Gasteiger partial charge in [-0.3, -0.25) is 4.79 Å². The van der Waals surface area contributed by atoms with Gasteiger partial charge in [-0.15, -0.1) is 0 Å². The van der Waals surface area contributed by atoms with Crippen molar-refractivity contribution < 1.29 is 9.53 Å². The van der Waals surface area contributed by atoms with E-state index in [0.29, 0.717) is 6.54 Å². The molecule has 0 bridgehead atoms. The third-order valence-corrected chi connectivity index (χ3v) is 4.05. The number of hydrogen-bond donors (Lipinski definition) is 1. The number of carbonyl (C=O) groups excluding carboxylic acids is 1. The van der Waals surface area contributed by atoms with Crippen LogP contribution >= 0.6 is 0 Å². The molecule has 0 aliphatic heterocycles. The predicted molar refractivity (Wildman–Crippen MR) is 102 cm³/mol. The van der Waals surface area contributed by atoms with Crippen molar-refractivity contribution in [3.8, 4) is 5.75 Å². The Morgan fingerprint density at radius 2 is 1.68 bits per heavy atom. The lowest BCUT2D eigenvalue weighted by Crippen LogP contribution is -2.28. The molecule has 0 fully saturated rings. The molecule has 0 radical (unpaired) electrons. The van der Waals surface area contributed by atoms with Gasteiger partial charge in [-0.25, -0.2) is 0 Å². The molecule has 0 saturated heterocycles. The van der Waals surface area contributed by atoms with E-state index in [1.165, 1.54) is 0 Å². The van der Waals surface area contributed by atoms with Crippen molar-refractivity contribution in [2.24, 2.45) is 0 Å². The van der Waals surface area contributed by atoms with Gasteiger partial charge in [-0.05, 0) is 29.1 Å². The molecular formula is C21H22N2O2. The van der Waals surface area contributed by atoms with Gasteiger partial charge < -0.3 is 15.0 Å². The summed E-state index contributed by atoms with van der Waals surface area (Å²) in [5.74, 6) is 0.591. The zero-order valence-electron chi connectivity index (χ0n) is 14.5. The van der Waals surface area contributed by atoms with Crippen molar-refractivity contribution in [1.82, 2.24) is 5.32 Å². The van der Waals surface area contributed by atoms with E-state index in [9.17, 15) is 4.79 Å². The Balaban J connectivity index is 1.54. The van der Waals surface area contributed by atoms with Crippen molar-refractivity contribution in [3.05, 3.63) is 72.3 Å². The molecular weight excluding hydrogens is 312 g/mol. The predicted octanol–water partition coefficient (Wildman–Crippen LogP) is 3.60. The maximum atomic E-state index is 12.1. The largest absolute Gasteiger partial charge is 0.483 e. The van der Waals surface area contributed by atoms with E-state index in [-0.39, 0.29) is 12.5 Å². The van der Waals surface area contributed by atoms with Crippen LogP contribution in [0.15, 0.2) is 66.7 Å². The molecule has 0 aliphatic carbocycles. The molecule has 0 saturated carbocycles. The van der Waals surface area contributed by atoms with Gasteiger partial charge in [0.25, 0.3) is 5.91 Å². The van der Waals surface area contributed by atoms with E-state index in [0.717, 1.165) is 27.8 Å². The van der Waals surface area contributed by atoms with Crippen LogP contribution in [0.3, 0.4) is 0 Å². The molecule has 0 spiro atoms. The Morgan fingerprint density at radius 1 is 0.960 bits per heavy atom. The Morgan fingerprint density at radius 3 is 2.44 bits per heavy atom. The summed E-state index contributed by atoms with van der Waals surface area (Å²) in [5.41, 5.74) is 2.19. The Kier molecular flexibility index (Phi) is 5.19. The molecule has 4 heteroatoms. The summed E-state index contributed by atoms with van der Waals surface area (Å²) in [7, 11) is 4.00. The van der Waals surface area contributed by atoms with Crippen LogP contribution in [0.25, 0.3) is 10.8 Å². The SMILES string of the molecule is CN(C)c1ccc(CNC(=O)COc2cccc3ccccc23)cc1. The fourth-order valence-corrected chi connectivity index (χ4v) is 2.63. The van der Waals surface area contributed by atoms with Gasteiger partial charge in [0, 0.05) is 31.7 Å². The van der Waals surface area contributed by atoms with Gasteiger partial charge in [0.05, 0.1) is 0 Å². The molecule has 128 valence electrons. The summed E-state index contributed by atoms with van der Waals surface area (Å²) in [6.07, 6.45) is 0. The second-order valence-corrected chi connectivity index (χ2v) is 6.10. The third kappa shape index (κ3) is 4.29. The fourth-order valence-electron chi connectivity index (χ4n) is 2.63. The van der Waals surface area contributed by atoms with Crippen molar-refractivity contribution in [2.75, 3.05) is 25.6 Å². The van der Waals surface area contributed by atoms with E-state index in [2.05, 4.69) is 5.32 Å². The van der Waals surface area contributed by atoms with Crippen molar-refractivity contribution >= 4 is 22.4 Å². The number of benzene rings is 3. The highest BCUT2D eigenvalue weighted by atomic mass is 16.5. The number of amides is 1. The highest BCUT2D eigenvalue weighted by Gasteiger charge is 2.06. The summed E-state index contributed by atoms with van der Waals surface area (Å²) in [4.78, 5) is 14.1. The Hall–Kier alpha value is -3.01. The maximum Gasteiger partial charge on any atom is 0.258 e. The molecule has 0 aliphatic rings. The van der Waals surface area contributed by atoms with Crippen LogP contribution in [0.4, 0.5) is 5.69 Å². The van der Waals surface area contributed by atoms with Gasteiger partial charge in [-0.2, -0.15) is 0 Å². The highest BCUT2D eigenvalue weighted by molar-refractivity contribution is 5.88. The summed E-state index contributed by atoms with van der Waals surface area (Å²) < 4.78 is 5.70. The molecule has 0 aromatic heterocycles. The lowest BCUT2D eigenvalue weighted by atomic mass is 10.1. The lowest BCUT2D eigenvalue weighted by molar-refractivity contribution is -0.123. The number of rotatable bonds is 6. The smallest absolute Gasteiger partial charge is 0.258 e. The monoisotopic (exact) mass is 334 g/mol. The summed E-state index contributed by atoms with van der Waals surface area (Å²) in [5, 5.41) is 5.00. The van der Waals surface area contributed by atoms with E-state index in [1.54, 1.807) is 0 Å². The van der Waals surface area contributed by atoms with Crippen LogP contribution in [-0.2, 0) is 11.3 Å². The van der Waals surface area contributed by atoms with Crippen LogP contribution in [0, 0.1) is 0 Å². The van der Waals surface area contributed by atoms with Crippen LogP contribution in [0.5, 0.6) is 5.75 Å². The lowest BCUT2D eigenvalue weighted by Gasteiger charge is -2.13. The first kappa shape index (κ1) is 16.8. The average Bonchev–Trinajstić information content (AvgIpc) is 2.65. The van der Waals surface area contributed by atoms with Gasteiger partial charge >= 0.3 is 0 Å². The van der Waals surface area contributed by atoms with E-state index < -0.39 is 0 Å². The van der Waals surface area contributed by atoms with Gasteiger partial charge in [0.2, 0.25) is 0 Å². The number of hydrogen-bond acceptors (Lipinski definition) is 3. The molecule has 0 heterocycles. The van der Waals surface area contributed by atoms with E-state index in [4.69, 9.17) is 4.74 Å². The highest BCUT2D eigenvalue weighted by Crippen LogP contribution is 2.24. The topological polar surface area (TPSA) is 41.6 Å². The van der Waals surface area contributed by atoms with Gasteiger partial charge in [0.15, 0.2) is 6.61 Å². The zero-order valence-corrected chi connectivity index (χ0v) is 14.5. The third-order valence-electron chi connectivity index (χ3n) is 4.05. The number of nitrogens with zero attached hydrogens (tertiary/aromatic N) is 1. The molecule has 3 aromatic carbocycles. The maximum absolute atomic E-state index is 12.1. The summed E-state index contributed by atoms with van der Waals surface area (Å²) in [6, 6.07) is 21.9. The first-order chi connectivity index (χ1) is 12.1. The van der Waals surface area contributed by atoms with Crippen LogP contribution in [0.1, 0.15) is 5.56 Å². The molecule has 3 aromatic rings. The zero-order chi connectivity index (χ0) is 17.6. The first-order valence-corrected chi connectivity index (χ1v) is 8.27. The standard InChI is InChI=1S/C21H22N2O2/c1-23(2)18-12-10-16(11-13-18)14-22-21(24)15-25-20-9-5-7-17-6-3-4-8-19(17)20/h3-13H,14-15H2,1-2H3,(H,22,24). The minimum absolute atomic E-state index is 0.00376. The van der Waals surface area contributed by atoms with Crippen molar-refractivity contribution in [2.45, 2.75) is 6.54 Å². The second kappa shape index (κ2) is 7.71. The molecule has 3 rings (SSSR count). The number of anilines is 1. The second-order valence-electron chi connectivity index (χ2n) is 6.10. The Labute approximate surface area is 148 Å². The van der Waals surface area contributed by atoms with Crippen molar-refractivity contribution in [3.63, 3.8) is 0 Å². The summed E-state index contributed by atoms with van der Waals surface area (Å²) >= 11 is 0.